The van der Waals surface area contributed by atoms with E-state index in [1.165, 1.54) is 96.3 Å². The summed E-state index contributed by atoms with van der Waals surface area (Å²) in [6.07, 6.45) is 71.6. The number of esters is 2. The first-order valence-electron chi connectivity index (χ1n) is 28.9. The minimum Gasteiger partial charge on any atom is -0.756 e. The molecule has 0 fully saturated rings. The highest BCUT2D eigenvalue weighted by atomic mass is 31.2. The van der Waals surface area contributed by atoms with Gasteiger partial charge < -0.3 is 27.9 Å². The second-order valence-electron chi connectivity index (χ2n) is 20.3. The molecule has 0 aliphatic rings. The van der Waals surface area contributed by atoms with E-state index in [1.807, 2.05) is 21.1 Å². The van der Waals surface area contributed by atoms with Gasteiger partial charge in [-0.25, -0.2) is 0 Å². The van der Waals surface area contributed by atoms with Gasteiger partial charge >= 0.3 is 11.9 Å². The van der Waals surface area contributed by atoms with E-state index in [9.17, 15) is 19.0 Å². The number of likely N-dealkylation sites (N-methyl/N-ethyl adjacent to an activating group) is 1. The molecule has 0 spiro atoms. The van der Waals surface area contributed by atoms with Crippen molar-refractivity contribution in [1.29, 1.82) is 0 Å². The van der Waals surface area contributed by atoms with Gasteiger partial charge in [-0.1, -0.05) is 220 Å². The van der Waals surface area contributed by atoms with E-state index in [0.29, 0.717) is 17.4 Å². The van der Waals surface area contributed by atoms with Crippen LogP contribution < -0.4 is 4.89 Å². The molecular weight excluding hydrogens is 918 g/mol. The molecule has 0 aromatic heterocycles. The summed E-state index contributed by atoms with van der Waals surface area (Å²) in [6.45, 7) is 4.10. The Labute approximate surface area is 443 Å². The highest BCUT2D eigenvalue weighted by molar-refractivity contribution is 7.45. The third-order valence-electron chi connectivity index (χ3n) is 12.1. The zero-order valence-electron chi connectivity index (χ0n) is 46.8. The third kappa shape index (κ3) is 56.2. The van der Waals surface area contributed by atoms with Gasteiger partial charge in [-0.05, 0) is 96.3 Å². The van der Waals surface area contributed by atoms with E-state index in [0.717, 1.165) is 103 Å². The molecule has 2 unspecified atom stereocenters. The Hall–Kier alpha value is -3.07. The van der Waals surface area contributed by atoms with E-state index < -0.39 is 32.5 Å². The van der Waals surface area contributed by atoms with Crippen LogP contribution in [0, 0.1) is 0 Å². The summed E-state index contributed by atoms with van der Waals surface area (Å²) in [4.78, 5) is 37.9. The number of quaternary nitrogens is 1. The molecule has 0 aliphatic carbocycles. The Bertz CT molecular complexity index is 1540. The average molecular weight is 1030 g/mol. The number of hydrogen-bond donors (Lipinski definition) is 0. The van der Waals surface area contributed by atoms with Gasteiger partial charge in [0.2, 0.25) is 0 Å². The van der Waals surface area contributed by atoms with Crippen LogP contribution in [0.1, 0.15) is 232 Å². The van der Waals surface area contributed by atoms with Crippen LogP contribution in [0.4, 0.5) is 0 Å². The molecule has 0 aliphatic heterocycles. The summed E-state index contributed by atoms with van der Waals surface area (Å²) >= 11 is 0. The molecule has 10 heteroatoms. The topological polar surface area (TPSA) is 111 Å². The molecule has 0 bridgehead atoms. The molecule has 414 valence electrons. The highest BCUT2D eigenvalue weighted by Crippen LogP contribution is 2.38. The van der Waals surface area contributed by atoms with E-state index in [4.69, 9.17) is 18.5 Å². The lowest BCUT2D eigenvalue weighted by Gasteiger charge is -2.28. The number of carbonyl (C=O) groups is 2. The normalized spacial score (nSPS) is 14.0. The maximum absolute atomic E-state index is 12.8. The van der Waals surface area contributed by atoms with Crippen molar-refractivity contribution in [1.82, 2.24) is 0 Å². The molecule has 9 nitrogen and oxygen atoms in total. The summed E-state index contributed by atoms with van der Waals surface area (Å²) in [6, 6.07) is 0. The molecule has 2 atom stereocenters. The molecular formula is C62H108NO8P. The maximum atomic E-state index is 12.8. The number of phosphoric ester groups is 1. The van der Waals surface area contributed by atoms with Gasteiger partial charge in [-0.2, -0.15) is 0 Å². The largest absolute Gasteiger partial charge is 0.756 e. The second-order valence-corrected chi connectivity index (χ2v) is 21.7. The summed E-state index contributed by atoms with van der Waals surface area (Å²) in [5.74, 6) is -0.854. The lowest BCUT2D eigenvalue weighted by molar-refractivity contribution is -0.870. The smallest absolute Gasteiger partial charge is 0.306 e. The Balaban J connectivity index is 4.23. The Morgan fingerprint density at radius 1 is 0.444 bits per heavy atom. The van der Waals surface area contributed by atoms with Crippen LogP contribution in [-0.4, -0.2) is 70.0 Å². The van der Waals surface area contributed by atoms with Gasteiger partial charge in [0.25, 0.3) is 7.82 Å². The Morgan fingerprint density at radius 2 is 0.792 bits per heavy atom. The van der Waals surface area contributed by atoms with Gasteiger partial charge in [0.15, 0.2) is 6.10 Å². The predicted octanol–water partition coefficient (Wildman–Crippen LogP) is 17.4. The van der Waals surface area contributed by atoms with Crippen molar-refractivity contribution in [3.63, 3.8) is 0 Å². The lowest BCUT2D eigenvalue weighted by atomic mass is 10.1. The van der Waals surface area contributed by atoms with Crippen LogP contribution in [-0.2, 0) is 32.7 Å². The number of hydrogen-bond acceptors (Lipinski definition) is 8. The van der Waals surface area contributed by atoms with Crippen LogP contribution in [0.3, 0.4) is 0 Å². The van der Waals surface area contributed by atoms with E-state index in [1.54, 1.807) is 0 Å². The van der Waals surface area contributed by atoms with Crippen molar-refractivity contribution in [3.05, 3.63) is 97.2 Å². The molecule has 0 saturated carbocycles. The van der Waals surface area contributed by atoms with Gasteiger partial charge in [-0.15, -0.1) is 0 Å². The van der Waals surface area contributed by atoms with Crippen LogP contribution in [0.25, 0.3) is 0 Å². The summed E-state index contributed by atoms with van der Waals surface area (Å²) in [7, 11) is 1.14. The molecule has 0 aromatic carbocycles. The minimum absolute atomic E-state index is 0.0388. The number of unbranched alkanes of at least 4 members (excludes halogenated alkanes) is 22. The van der Waals surface area contributed by atoms with Crippen molar-refractivity contribution < 1.29 is 42.1 Å². The third-order valence-corrected chi connectivity index (χ3v) is 13.1. The van der Waals surface area contributed by atoms with E-state index >= 15 is 0 Å². The number of allylic oxidation sites excluding steroid dienone is 16. The fourth-order valence-corrected chi connectivity index (χ4v) is 8.36. The van der Waals surface area contributed by atoms with Crippen molar-refractivity contribution in [2.24, 2.45) is 0 Å². The van der Waals surface area contributed by atoms with Crippen LogP contribution in [0.2, 0.25) is 0 Å². The zero-order chi connectivity index (χ0) is 52.7. The first-order chi connectivity index (χ1) is 35.0. The summed E-state index contributed by atoms with van der Waals surface area (Å²) < 4.78 is 34.1. The fraction of sp³-hybridized carbons (Fsp3) is 0.710. The summed E-state index contributed by atoms with van der Waals surface area (Å²) in [5.41, 5.74) is 0. The number of rotatable bonds is 52. The molecule has 0 radical (unpaired) electrons. The Morgan fingerprint density at radius 3 is 1.18 bits per heavy atom. The number of nitrogens with zero attached hydrogens (tertiary/aromatic N) is 1. The van der Waals surface area contributed by atoms with Crippen LogP contribution in [0.5, 0.6) is 0 Å². The van der Waals surface area contributed by atoms with Crippen molar-refractivity contribution >= 4 is 19.8 Å². The standard InChI is InChI=1S/C62H108NO8P/c1-6-8-10-12-14-16-18-20-22-24-26-28-30-31-33-34-36-38-40-42-44-46-48-50-52-54-61(64)68-58-60(59-70-72(66,67)69-57-56-63(3,4)5)71-62(65)55-53-51-49-47-45-43-41-39-37-35-32-29-27-25-23-21-19-17-15-13-11-9-7-2/h9,11,15,17-18,20-21,23-24,26-27,29-31,35,37,60H,6-8,10,12-14,16,19,22,25,28,32-34,36,38-59H2,1-5H3/b11-9-,17-15-,20-18-,23-21-,26-24-,29-27-,31-30-,37-35-. The fourth-order valence-electron chi connectivity index (χ4n) is 7.63. The molecule has 0 aromatic rings. The summed E-state index contributed by atoms with van der Waals surface area (Å²) in [5, 5.41) is 0. The predicted molar refractivity (Wildman–Crippen MR) is 305 cm³/mol. The van der Waals surface area contributed by atoms with Crippen LogP contribution in [0.15, 0.2) is 97.2 Å². The maximum Gasteiger partial charge on any atom is 0.306 e. The molecule has 0 N–H and O–H groups in total. The van der Waals surface area contributed by atoms with Crippen LogP contribution >= 0.6 is 7.82 Å². The molecule has 0 amide bonds. The van der Waals surface area contributed by atoms with Gasteiger partial charge in [0, 0.05) is 12.8 Å². The Kier molecular flexibility index (Phi) is 50.5. The van der Waals surface area contributed by atoms with Gasteiger partial charge in [0.1, 0.15) is 19.8 Å². The monoisotopic (exact) mass is 1030 g/mol. The second kappa shape index (κ2) is 52.8. The van der Waals surface area contributed by atoms with E-state index in [2.05, 4.69) is 111 Å². The number of phosphoric acid groups is 1. The molecule has 72 heavy (non-hydrogen) atoms. The highest BCUT2D eigenvalue weighted by Gasteiger charge is 2.21. The van der Waals surface area contributed by atoms with Crippen molar-refractivity contribution in [2.75, 3.05) is 47.5 Å². The van der Waals surface area contributed by atoms with Crippen molar-refractivity contribution in [3.8, 4) is 0 Å². The molecule has 0 saturated heterocycles. The number of carbonyl (C=O) groups excluding carboxylic acids is 2. The van der Waals surface area contributed by atoms with Gasteiger partial charge in [-0.3, -0.25) is 14.2 Å². The van der Waals surface area contributed by atoms with Gasteiger partial charge in [0.05, 0.1) is 27.7 Å². The first-order valence-corrected chi connectivity index (χ1v) is 30.4. The lowest BCUT2D eigenvalue weighted by Crippen LogP contribution is -2.37. The minimum atomic E-state index is -4.65. The molecule has 0 heterocycles. The SMILES string of the molecule is CC/C=C\C/C=C\C/C=C\C/C=C\C/C=C\CCCCCCCCCC(=O)OC(COC(=O)CCCCCCCCCCCC/C=C\C/C=C\C/C=C\CCCCCCC)COP(=O)([O-])OCC[N+](C)(C)C. The average Bonchev–Trinajstić information content (AvgIpc) is 3.34. The van der Waals surface area contributed by atoms with Crippen molar-refractivity contribution in [2.45, 2.75) is 238 Å². The quantitative estimate of drug-likeness (QED) is 0.0195. The van der Waals surface area contributed by atoms with E-state index in [-0.39, 0.29) is 26.1 Å². The number of ether oxygens (including phenoxy) is 2. The zero-order valence-corrected chi connectivity index (χ0v) is 47.7. The molecule has 0 rings (SSSR count). The first kappa shape index (κ1) is 68.9.